The summed E-state index contributed by atoms with van der Waals surface area (Å²) in [5.41, 5.74) is 6.67. The van der Waals surface area contributed by atoms with Gasteiger partial charge >= 0.3 is 0 Å². The second-order valence-electron chi connectivity index (χ2n) is 10.0. The van der Waals surface area contributed by atoms with Gasteiger partial charge < -0.3 is 19.4 Å². The highest BCUT2D eigenvalue weighted by atomic mass is 16.5. The van der Waals surface area contributed by atoms with Crippen LogP contribution in [0.5, 0.6) is 11.5 Å². The van der Waals surface area contributed by atoms with E-state index >= 15 is 0 Å². The summed E-state index contributed by atoms with van der Waals surface area (Å²) in [4.78, 5) is 17.7. The molecule has 204 valence electrons. The van der Waals surface area contributed by atoms with Gasteiger partial charge in [0.25, 0.3) is 0 Å². The fourth-order valence-electron chi connectivity index (χ4n) is 5.18. The lowest BCUT2D eigenvalue weighted by Crippen LogP contribution is -2.27. The second-order valence-corrected chi connectivity index (χ2v) is 10.0. The number of hydrogen-bond donors (Lipinski definition) is 1. The van der Waals surface area contributed by atoms with Crippen LogP contribution in [0, 0.1) is 6.92 Å². The Morgan fingerprint density at radius 1 is 0.925 bits per heavy atom. The molecule has 2 heterocycles. The molecule has 0 fully saturated rings. The number of methoxy groups -OCH3 is 2. The Morgan fingerprint density at radius 2 is 1.70 bits per heavy atom. The highest BCUT2D eigenvalue weighted by Gasteiger charge is 2.24. The molecule has 5 aromatic rings. The third kappa shape index (κ3) is 6.18. The van der Waals surface area contributed by atoms with Crippen LogP contribution in [-0.4, -0.2) is 36.2 Å². The molecule has 0 aliphatic carbocycles. The van der Waals surface area contributed by atoms with E-state index < -0.39 is 0 Å². The van der Waals surface area contributed by atoms with Crippen molar-refractivity contribution in [1.82, 2.24) is 14.9 Å². The van der Waals surface area contributed by atoms with Crippen molar-refractivity contribution >= 4 is 16.8 Å². The number of nitrogens with one attached hydrogen (secondary N) is 1. The van der Waals surface area contributed by atoms with Crippen molar-refractivity contribution in [3.63, 3.8) is 0 Å². The molecule has 3 aromatic carbocycles. The Balaban J connectivity index is 1.49. The maximum Gasteiger partial charge on any atom is 0.220 e. The quantitative estimate of drug-likeness (QED) is 0.217. The van der Waals surface area contributed by atoms with Gasteiger partial charge in [-0.15, -0.1) is 0 Å². The predicted octanol–water partition coefficient (Wildman–Crippen LogP) is 6.29. The zero-order chi connectivity index (χ0) is 27.9. The third-order valence-corrected chi connectivity index (χ3v) is 7.30. The van der Waals surface area contributed by atoms with Gasteiger partial charge in [-0.05, 0) is 53.9 Å². The van der Waals surface area contributed by atoms with Crippen LogP contribution in [-0.2, 0) is 17.8 Å². The maximum atomic E-state index is 13.3. The van der Waals surface area contributed by atoms with Gasteiger partial charge in [0.15, 0.2) is 11.5 Å². The minimum atomic E-state index is -0.182. The molecular weight excluding hydrogens is 498 g/mol. The molecule has 6 heteroatoms. The smallest absolute Gasteiger partial charge is 0.220 e. The van der Waals surface area contributed by atoms with Gasteiger partial charge in [0.1, 0.15) is 0 Å². The Kier molecular flexibility index (Phi) is 8.45. The lowest BCUT2D eigenvalue weighted by molar-refractivity contribution is -0.121. The van der Waals surface area contributed by atoms with E-state index in [0.29, 0.717) is 30.9 Å². The van der Waals surface area contributed by atoms with Crippen LogP contribution in [0.4, 0.5) is 0 Å². The van der Waals surface area contributed by atoms with Gasteiger partial charge in [-0.1, -0.05) is 60.2 Å². The largest absolute Gasteiger partial charge is 0.493 e. The zero-order valence-electron chi connectivity index (χ0n) is 23.3. The van der Waals surface area contributed by atoms with Crippen LogP contribution in [0.15, 0.2) is 97.3 Å². The van der Waals surface area contributed by atoms with Crippen molar-refractivity contribution < 1.29 is 14.3 Å². The number of amides is 1. The number of carbonyl (C=O) groups excluding carboxylic acids is 1. The molecular formula is C34H35N3O3. The molecule has 40 heavy (non-hydrogen) atoms. The fraction of sp³-hybridized carbons (Fsp3) is 0.235. The highest BCUT2D eigenvalue weighted by molar-refractivity contribution is 5.87. The van der Waals surface area contributed by atoms with Gasteiger partial charge in [-0.2, -0.15) is 0 Å². The second kappa shape index (κ2) is 12.5. The number of ether oxygens (including phenoxy) is 2. The van der Waals surface area contributed by atoms with Crippen molar-refractivity contribution in [2.45, 2.75) is 32.2 Å². The van der Waals surface area contributed by atoms with E-state index in [9.17, 15) is 4.79 Å². The van der Waals surface area contributed by atoms with Gasteiger partial charge in [0.2, 0.25) is 5.91 Å². The Hall–Kier alpha value is -4.58. The summed E-state index contributed by atoms with van der Waals surface area (Å²) >= 11 is 0. The molecule has 6 nitrogen and oxygen atoms in total. The minimum absolute atomic E-state index is 0.00826. The minimum Gasteiger partial charge on any atom is -0.493 e. The molecule has 0 saturated carbocycles. The summed E-state index contributed by atoms with van der Waals surface area (Å²) in [6, 6.07) is 28.8. The Morgan fingerprint density at radius 3 is 2.45 bits per heavy atom. The Labute approximate surface area is 235 Å². The third-order valence-electron chi connectivity index (χ3n) is 7.30. The van der Waals surface area contributed by atoms with E-state index in [1.54, 1.807) is 20.4 Å². The number of para-hydroxylation sites is 1. The molecule has 0 radical (unpaired) electrons. The average Bonchev–Trinajstić information content (AvgIpc) is 3.35. The summed E-state index contributed by atoms with van der Waals surface area (Å²) in [7, 11) is 3.26. The summed E-state index contributed by atoms with van der Waals surface area (Å²) in [6.45, 7) is 3.38. The topological polar surface area (TPSA) is 65.4 Å². The standard InChI is InChI=1S/C34H35N3O3/c1-24-11-13-25(14-12-24)22-37-23-30(28-9-4-5-10-31(28)37)29(26-15-16-32(39-2)33(20-26)40-3)21-34(38)36-19-17-27-8-6-7-18-35-27/h4-16,18,20,23,29H,17,19,21-22H2,1-3H3,(H,36,38)/t29-/m0/s1. The van der Waals surface area contributed by atoms with Crippen LogP contribution >= 0.6 is 0 Å². The van der Waals surface area contributed by atoms with E-state index in [4.69, 9.17) is 9.47 Å². The number of rotatable bonds is 11. The molecule has 0 saturated heterocycles. The first-order valence-electron chi connectivity index (χ1n) is 13.6. The summed E-state index contributed by atoms with van der Waals surface area (Å²) in [5.74, 6) is 1.11. The van der Waals surface area contributed by atoms with Crippen LogP contribution < -0.4 is 14.8 Å². The van der Waals surface area contributed by atoms with E-state index in [1.165, 1.54) is 11.1 Å². The highest BCUT2D eigenvalue weighted by Crippen LogP contribution is 2.38. The molecule has 2 aromatic heterocycles. The molecule has 1 amide bonds. The van der Waals surface area contributed by atoms with E-state index in [1.807, 2.05) is 36.4 Å². The molecule has 0 aliphatic heterocycles. The van der Waals surface area contributed by atoms with E-state index in [0.717, 1.165) is 34.3 Å². The van der Waals surface area contributed by atoms with Crippen molar-refractivity contribution in [3.05, 3.63) is 125 Å². The normalized spacial score (nSPS) is 11.8. The molecule has 0 aliphatic rings. The van der Waals surface area contributed by atoms with E-state index in [-0.39, 0.29) is 11.8 Å². The number of hydrogen-bond acceptors (Lipinski definition) is 4. The molecule has 5 rings (SSSR count). The summed E-state index contributed by atoms with van der Waals surface area (Å²) < 4.78 is 13.4. The molecule has 0 unspecified atom stereocenters. The van der Waals surface area contributed by atoms with E-state index in [2.05, 4.69) is 76.5 Å². The molecule has 1 N–H and O–H groups in total. The average molecular weight is 534 g/mol. The summed E-state index contributed by atoms with van der Waals surface area (Å²) in [6.07, 6.45) is 4.96. The van der Waals surface area contributed by atoms with Crippen LogP contribution in [0.2, 0.25) is 0 Å². The van der Waals surface area contributed by atoms with Crippen molar-refractivity contribution in [2.75, 3.05) is 20.8 Å². The number of pyridine rings is 1. The first-order chi connectivity index (χ1) is 19.6. The number of aryl methyl sites for hydroxylation is 1. The fourth-order valence-corrected chi connectivity index (χ4v) is 5.18. The molecule has 0 bridgehead atoms. The lowest BCUT2D eigenvalue weighted by atomic mass is 9.87. The van der Waals surface area contributed by atoms with Gasteiger partial charge in [0.05, 0.1) is 14.2 Å². The lowest BCUT2D eigenvalue weighted by Gasteiger charge is -2.19. The van der Waals surface area contributed by atoms with Crippen LogP contribution in [0.3, 0.4) is 0 Å². The molecule has 1 atom stereocenters. The number of fused-ring (bicyclic) bond motifs is 1. The number of benzene rings is 3. The Bertz CT molecular complexity index is 1580. The van der Waals surface area contributed by atoms with Gasteiger partial charge in [-0.25, -0.2) is 0 Å². The predicted molar refractivity (Wildman–Crippen MR) is 159 cm³/mol. The first-order valence-corrected chi connectivity index (χ1v) is 13.6. The number of aromatic nitrogens is 2. The maximum absolute atomic E-state index is 13.3. The van der Waals surface area contributed by atoms with Crippen LogP contribution in [0.1, 0.15) is 40.3 Å². The SMILES string of the molecule is COc1ccc([C@H](CC(=O)NCCc2ccccn2)c2cn(Cc3ccc(C)cc3)c3ccccc23)cc1OC. The monoisotopic (exact) mass is 533 g/mol. The number of carbonyl (C=O) groups is 1. The zero-order valence-corrected chi connectivity index (χ0v) is 23.3. The number of nitrogens with zero attached hydrogens (tertiary/aromatic N) is 2. The summed E-state index contributed by atoms with van der Waals surface area (Å²) in [5, 5.41) is 4.25. The first kappa shape index (κ1) is 27.0. The molecule has 0 spiro atoms. The van der Waals surface area contributed by atoms with Gasteiger partial charge in [-0.3, -0.25) is 9.78 Å². The van der Waals surface area contributed by atoms with Crippen LogP contribution in [0.25, 0.3) is 10.9 Å². The van der Waals surface area contributed by atoms with Crippen molar-refractivity contribution in [2.24, 2.45) is 0 Å². The van der Waals surface area contributed by atoms with Gasteiger partial charge in [0, 0.05) is 60.8 Å². The van der Waals surface area contributed by atoms with Crippen molar-refractivity contribution in [1.29, 1.82) is 0 Å². The van der Waals surface area contributed by atoms with Crippen molar-refractivity contribution in [3.8, 4) is 11.5 Å².